The van der Waals surface area contributed by atoms with Crippen molar-refractivity contribution in [1.29, 1.82) is 0 Å². The van der Waals surface area contributed by atoms with Crippen LogP contribution in [0.3, 0.4) is 0 Å². The van der Waals surface area contributed by atoms with Gasteiger partial charge in [0.05, 0.1) is 0 Å². The number of ether oxygens (including phenoxy) is 2. The zero-order chi connectivity index (χ0) is 14.4. The number of hydrogen-bond donors (Lipinski definition) is 1. The SMILES string of the molecule is CN1CC2(CC2)C(OC(=O)OC(C)(C)C)N(O)C1=O. The first-order valence-electron chi connectivity index (χ1n) is 6.27. The third kappa shape index (κ3) is 2.75. The van der Waals surface area contributed by atoms with Crippen molar-refractivity contribution in [2.24, 2.45) is 5.41 Å². The average molecular weight is 272 g/mol. The summed E-state index contributed by atoms with van der Waals surface area (Å²) in [5.74, 6) is 0. The van der Waals surface area contributed by atoms with Crippen molar-refractivity contribution in [2.75, 3.05) is 13.6 Å². The molecule has 2 rings (SSSR count). The lowest BCUT2D eigenvalue weighted by atomic mass is 10.0. The predicted molar refractivity (Wildman–Crippen MR) is 64.4 cm³/mol. The Morgan fingerprint density at radius 2 is 2.00 bits per heavy atom. The van der Waals surface area contributed by atoms with E-state index in [1.54, 1.807) is 27.8 Å². The quantitative estimate of drug-likeness (QED) is 0.581. The van der Waals surface area contributed by atoms with Crippen LogP contribution in [0, 0.1) is 5.41 Å². The minimum absolute atomic E-state index is 0.367. The first-order chi connectivity index (χ1) is 8.65. The van der Waals surface area contributed by atoms with Gasteiger partial charge in [0.2, 0.25) is 6.23 Å². The van der Waals surface area contributed by atoms with Gasteiger partial charge >= 0.3 is 12.2 Å². The fraction of sp³-hybridized carbons (Fsp3) is 0.833. The van der Waals surface area contributed by atoms with Gasteiger partial charge in [-0.3, -0.25) is 5.21 Å². The van der Waals surface area contributed by atoms with Crippen LogP contribution in [0.25, 0.3) is 0 Å². The standard InChI is InChI=1S/C12H20N2O5/c1-11(2,3)19-10(16)18-8-12(5-6-12)7-13(4)9(15)14(8)17/h8,17H,5-7H2,1-4H3. The maximum absolute atomic E-state index is 11.7. The van der Waals surface area contributed by atoms with Crippen LogP contribution in [0.4, 0.5) is 9.59 Å². The summed E-state index contributed by atoms with van der Waals surface area (Å²) < 4.78 is 10.2. The maximum atomic E-state index is 11.7. The molecule has 0 aromatic carbocycles. The molecule has 7 nitrogen and oxygen atoms in total. The van der Waals surface area contributed by atoms with Gasteiger partial charge in [-0.05, 0) is 33.6 Å². The fourth-order valence-corrected chi connectivity index (χ4v) is 2.26. The van der Waals surface area contributed by atoms with Gasteiger partial charge in [0.25, 0.3) is 0 Å². The number of hydrogen-bond acceptors (Lipinski definition) is 5. The van der Waals surface area contributed by atoms with Crippen molar-refractivity contribution in [1.82, 2.24) is 9.96 Å². The molecule has 7 heteroatoms. The van der Waals surface area contributed by atoms with E-state index in [2.05, 4.69) is 0 Å². The lowest BCUT2D eigenvalue weighted by Crippen LogP contribution is -2.59. The summed E-state index contributed by atoms with van der Waals surface area (Å²) in [5, 5.41) is 10.3. The normalized spacial score (nSPS) is 25.5. The van der Waals surface area contributed by atoms with Gasteiger partial charge in [0.1, 0.15) is 5.60 Å². The Kier molecular flexibility index (Phi) is 3.12. The number of carbonyl (C=O) groups is 2. The van der Waals surface area contributed by atoms with E-state index >= 15 is 0 Å². The Morgan fingerprint density at radius 3 is 2.47 bits per heavy atom. The molecule has 1 atom stereocenters. The van der Waals surface area contributed by atoms with Gasteiger partial charge in [0.15, 0.2) is 0 Å². The summed E-state index contributed by atoms with van der Waals surface area (Å²) in [4.78, 5) is 24.8. The molecule has 1 unspecified atom stereocenters. The van der Waals surface area contributed by atoms with Crippen LogP contribution >= 0.6 is 0 Å². The Labute approximate surface area is 112 Å². The molecular weight excluding hydrogens is 252 g/mol. The molecule has 0 aromatic heterocycles. The van der Waals surface area contributed by atoms with Crippen LogP contribution in [0.1, 0.15) is 33.6 Å². The monoisotopic (exact) mass is 272 g/mol. The zero-order valence-corrected chi connectivity index (χ0v) is 11.7. The van der Waals surface area contributed by atoms with E-state index in [-0.39, 0.29) is 5.41 Å². The number of carbonyl (C=O) groups excluding carboxylic acids is 2. The van der Waals surface area contributed by atoms with E-state index in [0.29, 0.717) is 11.6 Å². The Morgan fingerprint density at radius 1 is 1.42 bits per heavy atom. The van der Waals surface area contributed by atoms with Crippen molar-refractivity contribution in [3.63, 3.8) is 0 Å². The first-order valence-corrected chi connectivity index (χ1v) is 6.27. The molecule has 1 saturated heterocycles. The molecule has 1 spiro atoms. The van der Waals surface area contributed by atoms with Crippen molar-refractivity contribution in [2.45, 2.75) is 45.4 Å². The molecule has 0 bridgehead atoms. The summed E-state index contributed by atoms with van der Waals surface area (Å²) in [6, 6.07) is -0.578. The van der Waals surface area contributed by atoms with Crippen molar-refractivity contribution in [3.05, 3.63) is 0 Å². The van der Waals surface area contributed by atoms with Crippen molar-refractivity contribution < 1.29 is 24.3 Å². The van der Waals surface area contributed by atoms with Crippen LogP contribution in [-0.2, 0) is 9.47 Å². The summed E-state index contributed by atoms with van der Waals surface area (Å²) in [5.41, 5.74) is -1.04. The second-order valence-corrected chi connectivity index (χ2v) is 6.28. The van der Waals surface area contributed by atoms with Gasteiger partial charge < -0.3 is 14.4 Å². The summed E-state index contributed by atoms with van der Waals surface area (Å²) in [7, 11) is 1.61. The van der Waals surface area contributed by atoms with Crippen molar-refractivity contribution >= 4 is 12.2 Å². The molecule has 1 heterocycles. The molecule has 108 valence electrons. The maximum Gasteiger partial charge on any atom is 0.510 e. The zero-order valence-electron chi connectivity index (χ0n) is 11.7. The molecule has 1 saturated carbocycles. The summed E-state index contributed by atoms with van der Waals surface area (Å²) in [6.07, 6.45) is -0.240. The van der Waals surface area contributed by atoms with Crippen LogP contribution in [0.15, 0.2) is 0 Å². The minimum atomic E-state index is -0.967. The van der Waals surface area contributed by atoms with Crippen LogP contribution in [-0.4, -0.2) is 52.8 Å². The van der Waals surface area contributed by atoms with Gasteiger partial charge in [-0.15, -0.1) is 0 Å². The molecular formula is C12H20N2O5. The Hall–Kier alpha value is -1.50. The molecule has 19 heavy (non-hydrogen) atoms. The fourth-order valence-electron chi connectivity index (χ4n) is 2.26. The molecule has 0 aromatic rings. The molecule has 1 aliphatic heterocycles. The van der Waals surface area contributed by atoms with Gasteiger partial charge in [-0.25, -0.2) is 9.59 Å². The highest BCUT2D eigenvalue weighted by Crippen LogP contribution is 2.53. The number of nitrogens with zero attached hydrogens (tertiary/aromatic N) is 2. The average Bonchev–Trinajstić information content (AvgIpc) is 3.00. The summed E-state index contributed by atoms with van der Waals surface area (Å²) >= 11 is 0. The molecule has 2 amide bonds. The Bertz CT molecular complexity index is 399. The number of rotatable bonds is 1. The van der Waals surface area contributed by atoms with E-state index in [9.17, 15) is 14.8 Å². The number of hydroxylamine groups is 2. The van der Waals surface area contributed by atoms with E-state index in [1.807, 2.05) is 0 Å². The molecule has 1 aliphatic carbocycles. The van der Waals surface area contributed by atoms with Gasteiger partial charge in [0, 0.05) is 19.0 Å². The van der Waals surface area contributed by atoms with E-state index in [0.717, 1.165) is 12.8 Å². The van der Waals surface area contributed by atoms with Crippen LogP contribution in [0.2, 0.25) is 0 Å². The topological polar surface area (TPSA) is 79.3 Å². The van der Waals surface area contributed by atoms with Gasteiger partial charge in [-0.2, -0.15) is 5.06 Å². The number of urea groups is 1. The van der Waals surface area contributed by atoms with Gasteiger partial charge in [-0.1, -0.05) is 0 Å². The second-order valence-electron chi connectivity index (χ2n) is 6.28. The molecule has 1 N–H and O–H groups in total. The van der Waals surface area contributed by atoms with E-state index in [1.165, 1.54) is 4.90 Å². The highest BCUT2D eigenvalue weighted by Gasteiger charge is 2.60. The molecule has 0 radical (unpaired) electrons. The van der Waals surface area contributed by atoms with E-state index in [4.69, 9.17) is 9.47 Å². The smallest absolute Gasteiger partial charge is 0.429 e. The molecule has 2 fully saturated rings. The minimum Gasteiger partial charge on any atom is -0.429 e. The first kappa shape index (κ1) is 13.9. The number of amides is 2. The van der Waals surface area contributed by atoms with Crippen molar-refractivity contribution in [3.8, 4) is 0 Å². The predicted octanol–water partition coefficient (Wildman–Crippen LogP) is 1.80. The third-order valence-electron chi connectivity index (χ3n) is 3.31. The summed E-state index contributed by atoms with van der Waals surface area (Å²) in [6.45, 7) is 5.63. The highest BCUT2D eigenvalue weighted by molar-refractivity contribution is 5.75. The van der Waals surface area contributed by atoms with Crippen LogP contribution < -0.4 is 0 Å². The lowest BCUT2D eigenvalue weighted by molar-refractivity contribution is -0.214. The molecule has 2 aliphatic rings. The lowest BCUT2D eigenvalue weighted by Gasteiger charge is -2.41. The second kappa shape index (κ2) is 4.26. The third-order valence-corrected chi connectivity index (χ3v) is 3.31. The largest absolute Gasteiger partial charge is 0.510 e. The van der Waals surface area contributed by atoms with E-state index < -0.39 is 24.0 Å². The Balaban J connectivity index is 2.06. The van der Waals surface area contributed by atoms with Crippen LogP contribution in [0.5, 0.6) is 0 Å². The highest BCUT2D eigenvalue weighted by atomic mass is 16.8.